The number of aromatic nitrogens is 2. The van der Waals surface area contributed by atoms with Crippen molar-refractivity contribution in [3.8, 4) is 17.0 Å². The van der Waals surface area contributed by atoms with Crippen molar-refractivity contribution in [1.29, 1.82) is 0 Å². The van der Waals surface area contributed by atoms with Gasteiger partial charge in [0.15, 0.2) is 11.2 Å². The molecule has 0 radical (unpaired) electrons. The van der Waals surface area contributed by atoms with Gasteiger partial charge in [-0.15, -0.1) is 0 Å². The number of benzene rings is 1. The van der Waals surface area contributed by atoms with E-state index in [2.05, 4.69) is 14.7 Å². The Balaban J connectivity index is 1.93. The highest BCUT2D eigenvalue weighted by Crippen LogP contribution is 2.25. The number of rotatable bonds is 3. The van der Waals surface area contributed by atoms with Crippen LogP contribution < -0.4 is 10.5 Å². The maximum absolute atomic E-state index is 12.7. The van der Waals surface area contributed by atoms with Crippen molar-refractivity contribution < 1.29 is 17.9 Å². The predicted molar refractivity (Wildman–Crippen MR) is 71.3 cm³/mol. The molecule has 0 aliphatic rings. The number of hydrogen-bond acceptors (Lipinski definition) is 4. The number of nitrogens with zero attached hydrogens (tertiary/aromatic N) is 1. The molecule has 5 nitrogen and oxygen atoms in total. The van der Waals surface area contributed by atoms with Gasteiger partial charge in [-0.25, -0.2) is 9.78 Å². The topological polar surface area (TPSA) is 68.1 Å². The maximum atomic E-state index is 12.7. The summed E-state index contributed by atoms with van der Waals surface area (Å²) in [4.78, 5) is 17.8. The van der Waals surface area contributed by atoms with Crippen molar-refractivity contribution in [3.05, 3.63) is 46.9 Å². The van der Waals surface area contributed by atoms with Crippen LogP contribution in [0.2, 0.25) is 0 Å². The summed E-state index contributed by atoms with van der Waals surface area (Å²) < 4.78 is 34.8. The lowest BCUT2D eigenvalue weighted by molar-refractivity contribution is -0.158. The van der Waals surface area contributed by atoms with E-state index in [0.29, 0.717) is 29.4 Å². The van der Waals surface area contributed by atoms with Crippen molar-refractivity contribution in [1.82, 2.24) is 9.97 Å². The summed E-state index contributed by atoms with van der Waals surface area (Å²) in [5, 5.41) is 0. The first-order valence-electron chi connectivity index (χ1n) is 6.08. The maximum Gasteiger partial charge on any atom is 0.418 e. The second kappa shape index (κ2) is 4.69. The Bertz CT molecular complexity index is 832. The third-order valence-corrected chi connectivity index (χ3v) is 2.73. The third kappa shape index (κ3) is 2.91. The first kappa shape index (κ1) is 13.3. The summed E-state index contributed by atoms with van der Waals surface area (Å²) in [6.07, 6.45) is -3.23. The van der Waals surface area contributed by atoms with Crippen LogP contribution in [0.3, 0.4) is 0 Å². The van der Waals surface area contributed by atoms with E-state index in [1.54, 1.807) is 24.3 Å². The summed E-state index contributed by atoms with van der Waals surface area (Å²) in [6.45, 7) is 0.672. The summed E-state index contributed by atoms with van der Waals surface area (Å²) >= 11 is 0. The van der Waals surface area contributed by atoms with Crippen molar-refractivity contribution in [2.24, 2.45) is 0 Å². The van der Waals surface area contributed by atoms with Gasteiger partial charge < -0.3 is 9.15 Å². The molecule has 21 heavy (non-hydrogen) atoms. The molecule has 0 bridgehead atoms. The molecule has 0 saturated carbocycles. The van der Waals surface area contributed by atoms with Gasteiger partial charge in [0, 0.05) is 12.5 Å². The average Bonchev–Trinajstić information content (AvgIpc) is 2.76. The quantitative estimate of drug-likeness (QED) is 0.805. The lowest BCUT2D eigenvalue weighted by Crippen LogP contribution is -2.18. The Hall–Kier alpha value is -2.70. The molecule has 0 aliphatic heterocycles. The summed E-state index contributed by atoms with van der Waals surface area (Å²) in [7, 11) is 0. The van der Waals surface area contributed by atoms with E-state index >= 15 is 0 Å². The highest BCUT2D eigenvalue weighted by molar-refractivity contribution is 5.73. The first-order valence-corrected chi connectivity index (χ1v) is 6.08. The van der Waals surface area contributed by atoms with Crippen molar-refractivity contribution in [3.63, 3.8) is 0 Å². The minimum atomic E-state index is -3.23. The number of pyridine rings is 1. The van der Waals surface area contributed by atoms with Crippen LogP contribution >= 0.6 is 0 Å². The van der Waals surface area contributed by atoms with Crippen molar-refractivity contribution >= 4 is 11.2 Å². The predicted octanol–water partition coefficient (Wildman–Crippen LogP) is 3.17. The second-order valence-electron chi connectivity index (χ2n) is 4.49. The van der Waals surface area contributed by atoms with Gasteiger partial charge in [-0.05, 0) is 36.4 Å². The fourth-order valence-electron chi connectivity index (χ4n) is 1.90. The summed E-state index contributed by atoms with van der Waals surface area (Å²) in [6, 6.07) is 9.35. The van der Waals surface area contributed by atoms with E-state index in [-0.39, 0.29) is 5.75 Å². The lowest BCUT2D eigenvalue weighted by atomic mass is 10.1. The third-order valence-electron chi connectivity index (χ3n) is 2.73. The molecule has 0 saturated heterocycles. The zero-order chi connectivity index (χ0) is 15.0. The number of halogens is 2. The van der Waals surface area contributed by atoms with Crippen LogP contribution in [0.25, 0.3) is 22.5 Å². The average molecular weight is 292 g/mol. The van der Waals surface area contributed by atoms with Crippen LogP contribution in [-0.4, -0.2) is 16.1 Å². The van der Waals surface area contributed by atoms with Gasteiger partial charge in [0.2, 0.25) is 0 Å². The molecule has 0 fully saturated rings. The van der Waals surface area contributed by atoms with E-state index in [4.69, 9.17) is 4.42 Å². The van der Waals surface area contributed by atoms with Gasteiger partial charge in [-0.3, -0.25) is 4.98 Å². The van der Waals surface area contributed by atoms with E-state index in [0.717, 1.165) is 0 Å². The highest BCUT2D eigenvalue weighted by Gasteiger charge is 2.22. The largest absolute Gasteiger partial charge is 0.433 e. The van der Waals surface area contributed by atoms with E-state index in [1.807, 2.05) is 0 Å². The van der Waals surface area contributed by atoms with Crippen molar-refractivity contribution in [2.45, 2.75) is 13.0 Å². The number of H-pyrrole nitrogens is 1. The van der Waals surface area contributed by atoms with Gasteiger partial charge >= 0.3 is 11.9 Å². The van der Waals surface area contributed by atoms with Crippen LogP contribution in [0.5, 0.6) is 5.75 Å². The number of alkyl halides is 2. The molecule has 108 valence electrons. The Morgan fingerprint density at radius 2 is 1.90 bits per heavy atom. The molecule has 1 aromatic carbocycles. The van der Waals surface area contributed by atoms with Crippen LogP contribution in [0.4, 0.5) is 8.78 Å². The summed E-state index contributed by atoms with van der Waals surface area (Å²) in [5.41, 5.74) is 1.97. The Morgan fingerprint density at radius 1 is 1.19 bits per heavy atom. The van der Waals surface area contributed by atoms with Crippen LogP contribution in [0.1, 0.15) is 6.92 Å². The molecule has 0 unspecified atom stereocenters. The van der Waals surface area contributed by atoms with E-state index < -0.39 is 11.9 Å². The van der Waals surface area contributed by atoms with Crippen LogP contribution in [-0.2, 0) is 0 Å². The number of nitrogens with one attached hydrogen (secondary N) is 1. The molecule has 0 amide bonds. The molecular formula is C14H10F2N2O3. The molecule has 2 aromatic heterocycles. The molecule has 0 spiro atoms. The Kier molecular flexibility index (Phi) is 2.97. The zero-order valence-electron chi connectivity index (χ0n) is 10.9. The number of oxazole rings is 1. The fraction of sp³-hybridized carbons (Fsp3) is 0.143. The lowest BCUT2D eigenvalue weighted by Gasteiger charge is -2.13. The molecule has 1 N–H and O–H groups in total. The molecule has 7 heteroatoms. The number of aromatic amines is 1. The minimum Gasteiger partial charge on any atom is -0.433 e. The SMILES string of the molecule is CC(F)(F)Oc1ccc(-c2ccc3oc(=O)[nH]c3n2)cc1. The monoisotopic (exact) mass is 292 g/mol. The van der Waals surface area contributed by atoms with E-state index in [9.17, 15) is 13.6 Å². The standard InChI is InChI=1S/C14H10F2N2O3/c1-14(15,16)21-9-4-2-8(3-5-9)10-6-7-11-12(17-10)18-13(19)20-11/h2-7H,1H3,(H,17,18,19). The number of fused-ring (bicyclic) bond motifs is 1. The number of hydrogen-bond donors (Lipinski definition) is 1. The molecule has 2 heterocycles. The summed E-state index contributed by atoms with van der Waals surface area (Å²) in [5.74, 6) is -0.521. The van der Waals surface area contributed by atoms with Gasteiger partial charge in [-0.1, -0.05) is 0 Å². The van der Waals surface area contributed by atoms with Gasteiger partial charge in [-0.2, -0.15) is 8.78 Å². The second-order valence-corrected chi connectivity index (χ2v) is 4.49. The molecular weight excluding hydrogens is 282 g/mol. The Labute approximate surface area is 117 Å². The van der Waals surface area contributed by atoms with Crippen molar-refractivity contribution in [2.75, 3.05) is 0 Å². The molecule has 0 aliphatic carbocycles. The van der Waals surface area contributed by atoms with Gasteiger partial charge in [0.1, 0.15) is 5.75 Å². The smallest absolute Gasteiger partial charge is 0.418 e. The first-order chi connectivity index (χ1) is 9.90. The molecule has 0 atom stereocenters. The minimum absolute atomic E-state index is 0.0593. The van der Waals surface area contributed by atoms with Gasteiger partial charge in [0.05, 0.1) is 5.69 Å². The van der Waals surface area contributed by atoms with Crippen LogP contribution in [0.15, 0.2) is 45.6 Å². The molecule has 3 aromatic rings. The zero-order valence-corrected chi connectivity index (χ0v) is 10.9. The van der Waals surface area contributed by atoms with E-state index in [1.165, 1.54) is 12.1 Å². The molecule has 3 rings (SSSR count). The highest BCUT2D eigenvalue weighted by atomic mass is 19.3. The normalized spacial score (nSPS) is 11.8. The fourth-order valence-corrected chi connectivity index (χ4v) is 1.90. The Morgan fingerprint density at radius 3 is 2.57 bits per heavy atom. The van der Waals surface area contributed by atoms with Crippen LogP contribution in [0, 0.1) is 0 Å². The number of ether oxygens (including phenoxy) is 1. The van der Waals surface area contributed by atoms with Gasteiger partial charge in [0.25, 0.3) is 0 Å².